The minimum absolute atomic E-state index is 0.0550. The van der Waals surface area contributed by atoms with Crippen molar-refractivity contribution in [3.8, 4) is 12.3 Å². The Hall–Kier alpha value is -0.793. The summed E-state index contributed by atoms with van der Waals surface area (Å²) < 4.78 is 11.4. The van der Waals surface area contributed by atoms with Gasteiger partial charge >= 0.3 is 5.97 Å². The average molecular weight is 411 g/mol. The predicted octanol–water partition coefficient (Wildman–Crippen LogP) is 7.26. The zero-order chi connectivity index (χ0) is 21.3. The fraction of sp³-hybridized carbons (Fsp3) is 0.875. The summed E-state index contributed by atoms with van der Waals surface area (Å²) in [6.45, 7) is 13.0. The minimum Gasteiger partial charge on any atom is -0.466 e. The smallest absolute Gasteiger partial charge is 0.305 e. The molecule has 164 valence electrons. The lowest BCUT2D eigenvalue weighted by Gasteiger charge is -2.36. The molecular weight excluding hydrogens is 364 g/mol. The summed E-state index contributed by atoms with van der Waals surface area (Å²) >= 11 is 0. The van der Waals surface area contributed by atoms with Gasteiger partial charge in [0.25, 0.3) is 0 Å². The molecule has 0 saturated carbocycles. The largest absolute Gasteiger partial charge is 0.466 e. The number of ether oxygens (including phenoxy) is 1. The number of hydrogen-bond acceptors (Lipinski definition) is 3. The van der Waals surface area contributed by atoms with Gasteiger partial charge in [-0.25, -0.2) is 0 Å². The number of terminal acetylenes is 1. The van der Waals surface area contributed by atoms with Crippen LogP contribution < -0.4 is 0 Å². The third-order valence-electron chi connectivity index (χ3n) is 5.77. The second kappa shape index (κ2) is 16.1. The molecule has 0 aromatic carbocycles. The molecule has 0 heterocycles. The fourth-order valence-corrected chi connectivity index (χ4v) is 3.83. The van der Waals surface area contributed by atoms with Crippen LogP contribution in [0.15, 0.2) is 0 Å². The number of carbonyl (C=O) groups is 1. The van der Waals surface area contributed by atoms with Crippen molar-refractivity contribution in [3.05, 3.63) is 0 Å². The van der Waals surface area contributed by atoms with Gasteiger partial charge in [0.1, 0.15) is 0 Å². The molecule has 0 aliphatic heterocycles. The molecule has 0 rings (SSSR count). The molecule has 3 nitrogen and oxygen atoms in total. The molecule has 4 heteroatoms. The molecule has 0 radical (unpaired) electrons. The Morgan fingerprint density at radius 1 is 0.821 bits per heavy atom. The number of esters is 1. The van der Waals surface area contributed by atoms with Crippen LogP contribution in [0.1, 0.15) is 104 Å². The first-order chi connectivity index (χ1) is 13.2. The normalized spacial score (nSPS) is 12.0. The Kier molecular flexibility index (Phi) is 15.6. The lowest BCUT2D eigenvalue weighted by molar-refractivity contribution is -0.143. The van der Waals surface area contributed by atoms with Gasteiger partial charge in [0.05, 0.1) is 6.61 Å². The van der Waals surface area contributed by atoms with Crippen LogP contribution in [-0.2, 0) is 14.0 Å². The molecule has 0 N–H and O–H groups in total. The highest BCUT2D eigenvalue weighted by Crippen LogP contribution is 2.36. The molecule has 0 spiro atoms. The molecule has 0 aromatic heterocycles. The topological polar surface area (TPSA) is 35.5 Å². The van der Waals surface area contributed by atoms with E-state index in [0.29, 0.717) is 18.1 Å². The van der Waals surface area contributed by atoms with E-state index in [0.717, 1.165) is 38.7 Å². The van der Waals surface area contributed by atoms with Crippen molar-refractivity contribution in [2.24, 2.45) is 0 Å². The van der Waals surface area contributed by atoms with E-state index in [4.69, 9.17) is 15.6 Å². The van der Waals surface area contributed by atoms with Crippen molar-refractivity contribution in [2.45, 2.75) is 122 Å². The van der Waals surface area contributed by atoms with Crippen LogP contribution in [0.25, 0.3) is 0 Å². The van der Waals surface area contributed by atoms with Crippen LogP contribution in [0.5, 0.6) is 0 Å². The molecule has 0 fully saturated rings. The molecular formula is C24H46O3Si. The molecule has 0 saturated heterocycles. The van der Waals surface area contributed by atoms with E-state index in [1.165, 1.54) is 44.9 Å². The quantitative estimate of drug-likeness (QED) is 0.110. The van der Waals surface area contributed by atoms with E-state index >= 15 is 0 Å². The average Bonchev–Trinajstić information content (AvgIpc) is 2.61. The predicted molar refractivity (Wildman–Crippen MR) is 123 cm³/mol. The van der Waals surface area contributed by atoms with Crippen molar-refractivity contribution in [1.29, 1.82) is 0 Å². The van der Waals surface area contributed by atoms with E-state index in [1.807, 2.05) is 0 Å². The number of carbonyl (C=O) groups excluding carboxylic acids is 1. The Bertz CT molecular complexity index is 432. The number of hydrogen-bond donors (Lipinski definition) is 0. The Balaban J connectivity index is 3.34. The van der Waals surface area contributed by atoms with Crippen molar-refractivity contribution < 1.29 is 14.0 Å². The summed E-state index contributed by atoms with van der Waals surface area (Å²) in [5, 5.41) is 0.311. The first-order valence-electron chi connectivity index (χ1n) is 11.4. The molecule has 0 atom stereocenters. The Morgan fingerprint density at radius 3 is 1.86 bits per heavy atom. The highest BCUT2D eigenvalue weighted by atomic mass is 28.4. The molecule has 0 unspecified atom stereocenters. The fourth-order valence-electron chi connectivity index (χ4n) is 2.74. The monoisotopic (exact) mass is 410 g/mol. The van der Waals surface area contributed by atoms with E-state index in [9.17, 15) is 4.79 Å². The molecule has 0 aliphatic rings. The molecule has 0 aromatic rings. The highest BCUT2D eigenvalue weighted by molar-refractivity contribution is 6.74. The van der Waals surface area contributed by atoms with Crippen LogP contribution in [0.3, 0.4) is 0 Å². The first-order valence-corrected chi connectivity index (χ1v) is 14.3. The van der Waals surface area contributed by atoms with Crippen LogP contribution in [0.4, 0.5) is 0 Å². The van der Waals surface area contributed by atoms with Gasteiger partial charge in [0.15, 0.2) is 8.32 Å². The zero-order valence-corrected chi connectivity index (χ0v) is 20.4. The van der Waals surface area contributed by atoms with Crippen LogP contribution >= 0.6 is 0 Å². The summed E-state index contributed by atoms with van der Waals surface area (Å²) in [5.74, 6) is 2.54. The summed E-state index contributed by atoms with van der Waals surface area (Å²) in [5.41, 5.74) is 0. The van der Waals surface area contributed by atoms with Crippen LogP contribution in [-0.4, -0.2) is 27.5 Å². The van der Waals surface area contributed by atoms with E-state index in [2.05, 4.69) is 39.8 Å². The van der Waals surface area contributed by atoms with Gasteiger partial charge in [-0.2, -0.15) is 0 Å². The van der Waals surface area contributed by atoms with Crippen molar-refractivity contribution in [3.63, 3.8) is 0 Å². The van der Waals surface area contributed by atoms with Gasteiger partial charge in [-0.1, -0.05) is 65.7 Å². The zero-order valence-electron chi connectivity index (χ0n) is 19.4. The van der Waals surface area contributed by atoms with Gasteiger partial charge < -0.3 is 9.16 Å². The molecule has 28 heavy (non-hydrogen) atoms. The SMILES string of the molecule is C#CCCCCOC(=O)CCCCCCCCCCCO[Si](C)(C)C(C)(C)C. The molecule has 0 bridgehead atoms. The van der Waals surface area contributed by atoms with E-state index in [-0.39, 0.29) is 5.97 Å². The van der Waals surface area contributed by atoms with Gasteiger partial charge in [-0.3, -0.25) is 4.79 Å². The minimum atomic E-state index is -1.56. The van der Waals surface area contributed by atoms with E-state index in [1.54, 1.807) is 0 Å². The highest BCUT2D eigenvalue weighted by Gasteiger charge is 2.36. The maximum absolute atomic E-state index is 11.6. The lowest BCUT2D eigenvalue weighted by Crippen LogP contribution is -2.40. The third kappa shape index (κ3) is 15.2. The number of rotatable bonds is 17. The Morgan fingerprint density at radius 2 is 1.32 bits per heavy atom. The maximum atomic E-state index is 11.6. The summed E-state index contributed by atoms with van der Waals surface area (Å²) in [7, 11) is -1.56. The molecule has 0 amide bonds. The van der Waals surface area contributed by atoms with Crippen molar-refractivity contribution >= 4 is 14.3 Å². The first kappa shape index (κ1) is 27.2. The Labute approximate surface area is 176 Å². The number of unbranched alkanes of at least 4 members (excludes halogenated alkanes) is 10. The van der Waals surface area contributed by atoms with Crippen molar-refractivity contribution in [2.75, 3.05) is 13.2 Å². The standard InChI is InChI=1S/C24H46O3Si/c1-7-8-9-18-21-26-23(25)20-17-15-13-11-10-12-14-16-19-22-27-28(5,6)24(2,3)4/h1H,8-22H2,2-6H3. The second-order valence-electron chi connectivity index (χ2n) is 9.42. The van der Waals surface area contributed by atoms with Crippen LogP contribution in [0, 0.1) is 12.3 Å². The molecule has 0 aliphatic carbocycles. The van der Waals surface area contributed by atoms with Gasteiger partial charge in [-0.15, -0.1) is 12.3 Å². The summed E-state index contributed by atoms with van der Waals surface area (Å²) in [4.78, 5) is 11.6. The summed E-state index contributed by atoms with van der Waals surface area (Å²) in [6.07, 6.45) is 19.3. The maximum Gasteiger partial charge on any atom is 0.305 e. The van der Waals surface area contributed by atoms with Crippen LogP contribution in [0.2, 0.25) is 18.1 Å². The third-order valence-corrected chi connectivity index (χ3v) is 10.3. The summed E-state index contributed by atoms with van der Waals surface area (Å²) in [6, 6.07) is 0. The lowest BCUT2D eigenvalue weighted by atomic mass is 10.1. The van der Waals surface area contributed by atoms with E-state index < -0.39 is 8.32 Å². The van der Waals surface area contributed by atoms with Gasteiger partial charge in [0, 0.05) is 19.4 Å². The van der Waals surface area contributed by atoms with Gasteiger partial charge in [-0.05, 0) is 43.8 Å². The van der Waals surface area contributed by atoms with Crippen molar-refractivity contribution in [1.82, 2.24) is 0 Å². The van der Waals surface area contributed by atoms with Gasteiger partial charge in [0.2, 0.25) is 0 Å². The second-order valence-corrected chi connectivity index (χ2v) is 14.2.